The molecule has 0 saturated carbocycles. The molecule has 1 radical (unpaired) electrons. The summed E-state index contributed by atoms with van der Waals surface area (Å²) in [5, 5.41) is 0. The number of ether oxygens (including phenoxy) is 1. The Morgan fingerprint density at radius 1 is 0.560 bits per heavy atom. The van der Waals surface area contributed by atoms with Crippen molar-refractivity contribution in [3.05, 3.63) is 108 Å². The minimum atomic E-state index is -0.298. The maximum Gasteiger partial charge on any atom is 0.219 e. The maximum absolute atomic E-state index is 5.66. The molecule has 125 valence electrons. The molecule has 1 fully saturated rings. The molecule has 2 heteroatoms. The van der Waals surface area contributed by atoms with Gasteiger partial charge in [-0.3, -0.25) is 0 Å². The lowest BCUT2D eigenvalue weighted by molar-refractivity contribution is 0.0522. The lowest BCUT2D eigenvalue weighted by Crippen LogP contribution is -2.57. The highest BCUT2D eigenvalue weighted by Crippen LogP contribution is 2.41. The summed E-state index contributed by atoms with van der Waals surface area (Å²) in [6, 6.07) is 32.5. The fraction of sp³-hybridized carbons (Fsp3) is 0.217. The Balaban J connectivity index is 2.01. The normalized spacial score (nSPS) is 15.8. The van der Waals surface area contributed by atoms with Gasteiger partial charge in [0.2, 0.25) is 5.54 Å². The third kappa shape index (κ3) is 2.88. The molecule has 25 heavy (non-hydrogen) atoms. The summed E-state index contributed by atoms with van der Waals surface area (Å²) in [5.74, 6) is 0. The smallest absolute Gasteiger partial charge is 0.219 e. The summed E-state index contributed by atoms with van der Waals surface area (Å²) in [6.07, 6.45) is 0. The Kier molecular flexibility index (Phi) is 4.64. The Bertz CT molecular complexity index is 683. The van der Waals surface area contributed by atoms with Gasteiger partial charge in [0.05, 0.1) is 0 Å². The van der Waals surface area contributed by atoms with Gasteiger partial charge in [-0.25, -0.2) is 0 Å². The second-order valence-electron chi connectivity index (χ2n) is 6.41. The van der Waals surface area contributed by atoms with E-state index >= 15 is 0 Å². The molecule has 1 saturated heterocycles. The molecule has 0 N–H and O–H groups in total. The van der Waals surface area contributed by atoms with Crippen molar-refractivity contribution in [2.45, 2.75) is 5.54 Å². The summed E-state index contributed by atoms with van der Waals surface area (Å²) in [5.41, 5.74) is 3.60. The summed E-state index contributed by atoms with van der Waals surface area (Å²) < 4.78 is 5.66. The molecule has 0 spiro atoms. The molecule has 4 rings (SSSR count). The minimum Gasteiger partial charge on any atom is -0.369 e. The zero-order valence-corrected chi connectivity index (χ0v) is 14.3. The van der Waals surface area contributed by atoms with E-state index in [1.54, 1.807) is 0 Å². The van der Waals surface area contributed by atoms with E-state index in [1.165, 1.54) is 16.7 Å². The van der Waals surface area contributed by atoms with Crippen LogP contribution in [0.25, 0.3) is 0 Å². The van der Waals surface area contributed by atoms with Crippen molar-refractivity contribution in [1.29, 1.82) is 0 Å². The first-order chi connectivity index (χ1) is 12.4. The number of hydrogen-bond donors (Lipinski definition) is 0. The van der Waals surface area contributed by atoms with Gasteiger partial charge in [0.25, 0.3) is 0 Å². The van der Waals surface area contributed by atoms with Crippen LogP contribution in [0.5, 0.6) is 0 Å². The van der Waals surface area contributed by atoms with Gasteiger partial charge in [-0.1, -0.05) is 91.0 Å². The quantitative estimate of drug-likeness (QED) is 0.518. The third-order valence-electron chi connectivity index (χ3n) is 5.06. The summed E-state index contributed by atoms with van der Waals surface area (Å²) in [6.45, 7) is 3.37. The predicted octanol–water partition coefficient (Wildman–Crippen LogP) is 4.15. The molecule has 1 aliphatic rings. The van der Waals surface area contributed by atoms with E-state index in [1.807, 2.05) is 0 Å². The fourth-order valence-corrected chi connectivity index (χ4v) is 3.98. The molecule has 3 aromatic rings. The molecule has 0 atom stereocenters. The highest BCUT2D eigenvalue weighted by molar-refractivity contribution is 5.50. The number of morpholine rings is 1. The Morgan fingerprint density at radius 3 is 1.28 bits per heavy atom. The van der Waals surface area contributed by atoms with E-state index in [-0.39, 0.29) is 5.54 Å². The molecule has 2 nitrogen and oxygen atoms in total. The summed E-state index contributed by atoms with van der Waals surface area (Å²) in [4.78, 5) is 2.57. The molecule has 0 bridgehead atoms. The largest absolute Gasteiger partial charge is 0.369 e. The monoisotopic (exact) mass is 329 g/mol. The van der Waals surface area contributed by atoms with Crippen molar-refractivity contribution in [1.82, 2.24) is 4.90 Å². The Labute approximate surface area is 149 Å². The number of rotatable bonds is 4. The van der Waals surface area contributed by atoms with Gasteiger partial charge in [-0.2, -0.15) is 0 Å². The van der Waals surface area contributed by atoms with Crippen molar-refractivity contribution < 1.29 is 4.74 Å². The van der Waals surface area contributed by atoms with Crippen molar-refractivity contribution in [3.63, 3.8) is 0 Å². The average molecular weight is 329 g/mol. The zero-order valence-electron chi connectivity index (χ0n) is 14.3. The van der Waals surface area contributed by atoms with Gasteiger partial charge in [0, 0.05) is 16.7 Å². The van der Waals surface area contributed by atoms with Crippen molar-refractivity contribution in [2.75, 3.05) is 26.3 Å². The number of benzene rings is 3. The van der Waals surface area contributed by atoms with Gasteiger partial charge in [-0.05, 0) is 0 Å². The number of nitrogens with zero attached hydrogens (tertiary/aromatic N) is 1. The van der Waals surface area contributed by atoms with Crippen LogP contribution in [0.2, 0.25) is 0 Å². The SMILES string of the molecule is c1ccc(C(c2ccccc2)(c2ccccc2)[N+]2CCOCC2)cc1. The molecule has 1 aliphatic heterocycles. The molecular weight excluding hydrogens is 306 g/mol. The fourth-order valence-electron chi connectivity index (χ4n) is 3.98. The van der Waals surface area contributed by atoms with Crippen LogP contribution in [-0.4, -0.2) is 26.3 Å². The van der Waals surface area contributed by atoms with Gasteiger partial charge in [0.15, 0.2) is 0 Å². The van der Waals surface area contributed by atoms with Gasteiger partial charge in [0.1, 0.15) is 26.3 Å². The molecule has 1 heterocycles. The summed E-state index contributed by atoms with van der Waals surface area (Å²) >= 11 is 0. The predicted molar refractivity (Wildman–Crippen MR) is 102 cm³/mol. The van der Waals surface area contributed by atoms with Crippen LogP contribution in [0.4, 0.5) is 0 Å². The van der Waals surface area contributed by atoms with Gasteiger partial charge < -0.3 is 4.74 Å². The topological polar surface area (TPSA) is 15.1 Å². The second-order valence-corrected chi connectivity index (χ2v) is 6.41. The van der Waals surface area contributed by atoms with E-state index in [9.17, 15) is 0 Å². The molecule has 0 aromatic heterocycles. The van der Waals surface area contributed by atoms with E-state index in [4.69, 9.17) is 4.74 Å². The second kappa shape index (κ2) is 7.22. The van der Waals surface area contributed by atoms with Gasteiger partial charge >= 0.3 is 0 Å². The first kappa shape index (κ1) is 16.1. The first-order valence-corrected chi connectivity index (χ1v) is 8.92. The lowest BCUT2D eigenvalue weighted by atomic mass is 9.75. The van der Waals surface area contributed by atoms with E-state index in [0.717, 1.165) is 26.3 Å². The Hall–Kier alpha value is -2.42. The molecule has 0 amide bonds. The number of hydrogen-bond acceptors (Lipinski definition) is 2. The molecule has 3 aromatic carbocycles. The molecule has 0 aliphatic carbocycles. The van der Waals surface area contributed by atoms with Crippen LogP contribution in [-0.2, 0) is 10.3 Å². The van der Waals surface area contributed by atoms with Crippen LogP contribution in [0.3, 0.4) is 0 Å². The molecular formula is C23H23NO+. The van der Waals surface area contributed by atoms with E-state index in [2.05, 4.69) is 95.9 Å². The van der Waals surface area contributed by atoms with Crippen molar-refractivity contribution in [2.24, 2.45) is 0 Å². The van der Waals surface area contributed by atoms with Crippen LogP contribution in [0.15, 0.2) is 91.0 Å². The van der Waals surface area contributed by atoms with Crippen LogP contribution >= 0.6 is 0 Å². The van der Waals surface area contributed by atoms with Crippen LogP contribution < -0.4 is 4.90 Å². The van der Waals surface area contributed by atoms with Crippen LogP contribution in [0, 0.1) is 0 Å². The summed E-state index contributed by atoms with van der Waals surface area (Å²) in [7, 11) is 0. The van der Waals surface area contributed by atoms with Gasteiger partial charge in [-0.15, -0.1) is 4.90 Å². The lowest BCUT2D eigenvalue weighted by Gasteiger charge is -2.38. The van der Waals surface area contributed by atoms with E-state index in [0.29, 0.717) is 0 Å². The molecule has 0 unspecified atom stereocenters. The van der Waals surface area contributed by atoms with E-state index < -0.39 is 0 Å². The first-order valence-electron chi connectivity index (χ1n) is 8.92. The zero-order chi connectivity index (χ0) is 17.0. The highest BCUT2D eigenvalue weighted by atomic mass is 16.5. The Morgan fingerprint density at radius 2 is 0.920 bits per heavy atom. The third-order valence-corrected chi connectivity index (χ3v) is 5.06. The van der Waals surface area contributed by atoms with Crippen molar-refractivity contribution in [3.8, 4) is 0 Å². The van der Waals surface area contributed by atoms with Crippen molar-refractivity contribution >= 4 is 0 Å². The minimum absolute atomic E-state index is 0.298. The van der Waals surface area contributed by atoms with Crippen LogP contribution in [0.1, 0.15) is 16.7 Å². The standard InChI is InChI=1S/C23H23NO/c1-4-10-20(11-5-1)23(21-12-6-2-7-13-21,22-14-8-3-9-15-22)24-16-18-25-19-17-24/h1-15H,16-19H2/q+1. The average Bonchev–Trinajstić information content (AvgIpc) is 2.72. The maximum atomic E-state index is 5.66. The highest BCUT2D eigenvalue weighted by Gasteiger charge is 2.50.